The molecule has 17 heavy (non-hydrogen) atoms. The highest BCUT2D eigenvalue weighted by Crippen LogP contribution is 2.27. The average molecular weight is 242 g/mol. The number of cyclic esters (lactones) is 1. The van der Waals surface area contributed by atoms with E-state index in [1.165, 1.54) is 19.1 Å². The molecule has 0 atom stereocenters. The first-order valence-corrected chi connectivity index (χ1v) is 4.93. The predicted molar refractivity (Wildman–Crippen MR) is 55.3 cm³/mol. The Morgan fingerprint density at radius 2 is 2.12 bits per heavy atom. The van der Waals surface area contributed by atoms with Gasteiger partial charge in [-0.1, -0.05) is 6.07 Å². The molecule has 2 rings (SSSR count). The highest BCUT2D eigenvalue weighted by Gasteiger charge is 2.25. The van der Waals surface area contributed by atoms with Crippen LogP contribution in [0.15, 0.2) is 24.3 Å². The molecule has 0 N–H and O–H groups in total. The van der Waals surface area contributed by atoms with Gasteiger partial charge in [-0.15, -0.1) is 0 Å². The molecule has 0 radical (unpaired) electrons. The summed E-state index contributed by atoms with van der Waals surface area (Å²) in [4.78, 5) is 11.2. The number of allylic oxidation sites excluding steroid dienone is 2. The number of benzene rings is 1. The van der Waals surface area contributed by atoms with E-state index in [2.05, 4.69) is 0 Å². The Balaban J connectivity index is 2.36. The van der Waals surface area contributed by atoms with Crippen molar-refractivity contribution in [3.63, 3.8) is 0 Å². The molecule has 2 nitrogen and oxygen atoms in total. The molecule has 0 saturated heterocycles. The topological polar surface area (TPSA) is 26.3 Å². The monoisotopic (exact) mass is 242 g/mol. The van der Waals surface area contributed by atoms with Gasteiger partial charge in [-0.3, -0.25) is 0 Å². The lowest BCUT2D eigenvalue weighted by molar-refractivity contribution is -0.0793. The average Bonchev–Trinajstić information content (AvgIpc) is 2.57. The maximum atomic E-state index is 12.2. The lowest BCUT2D eigenvalue weighted by atomic mass is 10.0. The van der Waals surface area contributed by atoms with E-state index in [-0.39, 0.29) is 18.3 Å². The van der Waals surface area contributed by atoms with Crippen LogP contribution in [0.25, 0.3) is 5.57 Å². The summed E-state index contributed by atoms with van der Waals surface area (Å²) in [5, 5.41) is 0. The van der Waals surface area contributed by atoms with Crippen LogP contribution in [-0.4, -0.2) is 12.1 Å². The Morgan fingerprint density at radius 1 is 1.41 bits per heavy atom. The molecule has 0 spiro atoms. The molecule has 1 aromatic carbocycles. The number of carbonyl (C=O) groups is 1. The fraction of sp³-hybridized carbons (Fsp3) is 0.250. The zero-order chi connectivity index (χ0) is 12.6. The van der Waals surface area contributed by atoms with Gasteiger partial charge in [0.05, 0.1) is 5.56 Å². The summed E-state index contributed by atoms with van der Waals surface area (Å²) in [5.41, 5.74) is 1.61. The zero-order valence-corrected chi connectivity index (χ0v) is 8.97. The zero-order valence-electron chi connectivity index (χ0n) is 8.97. The molecule has 0 aromatic heterocycles. The Labute approximate surface area is 95.7 Å². The number of ether oxygens (including phenoxy) is 1. The van der Waals surface area contributed by atoms with Gasteiger partial charge < -0.3 is 4.74 Å². The van der Waals surface area contributed by atoms with E-state index < -0.39 is 12.1 Å². The number of carbonyl (C=O) groups excluding carboxylic acids is 1. The number of esters is 1. The second-order valence-corrected chi connectivity index (χ2v) is 3.82. The molecule has 1 heterocycles. The highest BCUT2D eigenvalue weighted by molar-refractivity contribution is 5.93. The van der Waals surface area contributed by atoms with E-state index in [9.17, 15) is 18.0 Å². The van der Waals surface area contributed by atoms with Crippen molar-refractivity contribution in [3.05, 3.63) is 41.0 Å². The summed E-state index contributed by atoms with van der Waals surface area (Å²) in [5.74, 6) is -0.427. The summed E-state index contributed by atoms with van der Waals surface area (Å²) >= 11 is 0. The molecule has 0 saturated carbocycles. The first kappa shape index (κ1) is 11.7. The molecule has 0 bridgehead atoms. The van der Waals surface area contributed by atoms with Gasteiger partial charge in [-0.25, -0.2) is 4.79 Å². The number of hydrogen-bond donors (Lipinski definition) is 0. The molecule has 0 unspecified atom stereocenters. The lowest BCUT2D eigenvalue weighted by Crippen LogP contribution is -2.02. The molecule has 1 aliphatic heterocycles. The van der Waals surface area contributed by atoms with Crippen LogP contribution in [0.1, 0.15) is 28.4 Å². The number of fused-ring (bicyclic) bond motifs is 1. The minimum absolute atomic E-state index is 0.111. The second-order valence-electron chi connectivity index (χ2n) is 3.82. The molecular weight excluding hydrogens is 233 g/mol. The van der Waals surface area contributed by atoms with Crippen LogP contribution in [0.3, 0.4) is 0 Å². The number of hydrogen-bond acceptors (Lipinski definition) is 2. The number of rotatable bonds is 1. The fourth-order valence-electron chi connectivity index (χ4n) is 1.71. The van der Waals surface area contributed by atoms with Crippen molar-refractivity contribution in [1.29, 1.82) is 0 Å². The van der Waals surface area contributed by atoms with Crippen LogP contribution >= 0.6 is 0 Å². The Hall–Kier alpha value is -1.78. The number of alkyl halides is 3. The van der Waals surface area contributed by atoms with E-state index in [0.29, 0.717) is 16.7 Å². The van der Waals surface area contributed by atoms with E-state index in [1.54, 1.807) is 6.07 Å². The standard InChI is InChI=1S/C12H9F3O2/c1-7(5-12(13,14)15)8-2-3-10-9(4-8)6-17-11(10)16/h2-5H,6H2,1H3. The lowest BCUT2D eigenvalue weighted by Gasteiger charge is -2.05. The summed E-state index contributed by atoms with van der Waals surface area (Å²) < 4.78 is 41.3. The number of halogens is 3. The largest absolute Gasteiger partial charge is 0.457 e. The van der Waals surface area contributed by atoms with Crippen LogP contribution in [0.4, 0.5) is 13.2 Å². The van der Waals surface area contributed by atoms with Gasteiger partial charge in [0.1, 0.15) is 6.61 Å². The molecule has 0 aliphatic carbocycles. The van der Waals surface area contributed by atoms with E-state index in [1.807, 2.05) is 0 Å². The quantitative estimate of drug-likeness (QED) is 0.706. The van der Waals surface area contributed by atoms with Crippen molar-refractivity contribution in [2.24, 2.45) is 0 Å². The van der Waals surface area contributed by atoms with Crippen molar-refractivity contribution in [2.75, 3.05) is 0 Å². The van der Waals surface area contributed by atoms with Gasteiger partial charge in [0.15, 0.2) is 0 Å². The predicted octanol–water partition coefficient (Wildman–Crippen LogP) is 3.32. The third-order valence-corrected chi connectivity index (χ3v) is 2.52. The minimum Gasteiger partial charge on any atom is -0.457 e. The van der Waals surface area contributed by atoms with Gasteiger partial charge in [0, 0.05) is 11.6 Å². The van der Waals surface area contributed by atoms with Crippen molar-refractivity contribution in [2.45, 2.75) is 19.7 Å². The van der Waals surface area contributed by atoms with Gasteiger partial charge in [-0.2, -0.15) is 13.2 Å². The molecular formula is C12H9F3O2. The van der Waals surface area contributed by atoms with Crippen LogP contribution < -0.4 is 0 Å². The van der Waals surface area contributed by atoms with Gasteiger partial charge >= 0.3 is 12.1 Å². The maximum Gasteiger partial charge on any atom is 0.410 e. The van der Waals surface area contributed by atoms with Crippen molar-refractivity contribution < 1.29 is 22.7 Å². The van der Waals surface area contributed by atoms with Crippen LogP contribution in [-0.2, 0) is 11.3 Å². The molecule has 5 heteroatoms. The maximum absolute atomic E-state index is 12.2. The Kier molecular flexibility index (Phi) is 2.69. The van der Waals surface area contributed by atoms with Gasteiger partial charge in [-0.05, 0) is 30.2 Å². The van der Waals surface area contributed by atoms with Gasteiger partial charge in [0.25, 0.3) is 0 Å². The van der Waals surface area contributed by atoms with Crippen molar-refractivity contribution in [3.8, 4) is 0 Å². The van der Waals surface area contributed by atoms with Crippen LogP contribution in [0, 0.1) is 0 Å². The molecule has 0 amide bonds. The second kappa shape index (κ2) is 3.91. The summed E-state index contributed by atoms with van der Waals surface area (Å²) in [6.45, 7) is 1.51. The SMILES string of the molecule is CC(=CC(F)(F)F)c1ccc2c(c1)COC2=O. The molecule has 1 aliphatic rings. The Morgan fingerprint density at radius 3 is 2.76 bits per heavy atom. The van der Waals surface area contributed by atoms with Crippen LogP contribution in [0.2, 0.25) is 0 Å². The molecule has 90 valence electrons. The van der Waals surface area contributed by atoms with E-state index in [4.69, 9.17) is 4.74 Å². The normalized spacial score (nSPS) is 15.8. The smallest absolute Gasteiger partial charge is 0.410 e. The first-order chi connectivity index (χ1) is 7.87. The third kappa shape index (κ3) is 2.49. The van der Waals surface area contributed by atoms with E-state index in [0.717, 1.165) is 0 Å². The minimum atomic E-state index is -4.34. The first-order valence-electron chi connectivity index (χ1n) is 4.93. The summed E-state index contributed by atoms with van der Waals surface area (Å²) in [6.07, 6.45) is -4.10. The summed E-state index contributed by atoms with van der Waals surface area (Å²) in [7, 11) is 0. The highest BCUT2D eigenvalue weighted by atomic mass is 19.4. The van der Waals surface area contributed by atoms with Crippen molar-refractivity contribution >= 4 is 11.5 Å². The third-order valence-electron chi connectivity index (χ3n) is 2.52. The fourth-order valence-corrected chi connectivity index (χ4v) is 1.71. The Bertz CT molecular complexity index is 501. The molecule has 0 fully saturated rings. The van der Waals surface area contributed by atoms with Crippen molar-refractivity contribution in [1.82, 2.24) is 0 Å². The van der Waals surface area contributed by atoms with E-state index >= 15 is 0 Å². The molecule has 1 aromatic rings. The summed E-state index contributed by atoms with van der Waals surface area (Å²) in [6, 6.07) is 4.54. The van der Waals surface area contributed by atoms with Crippen LogP contribution in [0.5, 0.6) is 0 Å². The van der Waals surface area contributed by atoms with Gasteiger partial charge in [0.2, 0.25) is 0 Å².